The molecule has 2 aromatic heterocycles. The number of carbonyl (C=O) groups is 1. The van der Waals surface area contributed by atoms with Crippen molar-refractivity contribution in [3.8, 4) is 5.75 Å². The van der Waals surface area contributed by atoms with E-state index >= 15 is 0 Å². The van der Waals surface area contributed by atoms with E-state index in [-0.39, 0.29) is 11.9 Å². The lowest BCUT2D eigenvalue weighted by molar-refractivity contribution is -0.115. The maximum atomic E-state index is 12.5. The average Bonchev–Trinajstić information content (AvgIpc) is 3.48. The van der Waals surface area contributed by atoms with Gasteiger partial charge in [0.25, 0.3) is 0 Å². The highest BCUT2D eigenvalue weighted by atomic mass is 32.1. The minimum Gasteiger partial charge on any atom is -0.495 e. The molecule has 0 fully saturated rings. The smallest absolute Gasteiger partial charge is 0.230 e. The lowest BCUT2D eigenvalue weighted by Crippen LogP contribution is -2.24. The first-order valence-electron chi connectivity index (χ1n) is 9.87. The molecule has 2 heterocycles. The van der Waals surface area contributed by atoms with E-state index in [9.17, 15) is 4.79 Å². The van der Waals surface area contributed by atoms with Crippen LogP contribution in [0.15, 0.2) is 77.5 Å². The molecule has 1 atom stereocenters. The summed E-state index contributed by atoms with van der Waals surface area (Å²) in [6.45, 7) is 2.12. The topological polar surface area (TPSA) is 54.5 Å². The van der Waals surface area contributed by atoms with Crippen molar-refractivity contribution >= 4 is 39.4 Å². The first-order chi connectivity index (χ1) is 15.2. The number of nitrogens with zero attached hydrogens (tertiary/aromatic N) is 2. The zero-order valence-electron chi connectivity index (χ0n) is 17.3. The summed E-state index contributed by atoms with van der Waals surface area (Å²) in [4.78, 5) is 20.0. The number of methoxy groups -OCH3 is 1. The van der Waals surface area contributed by atoms with Gasteiger partial charge in [-0.1, -0.05) is 48.5 Å². The van der Waals surface area contributed by atoms with Crippen LogP contribution in [0.2, 0.25) is 0 Å². The van der Waals surface area contributed by atoms with Crippen molar-refractivity contribution in [1.82, 2.24) is 10.3 Å². The molecular weight excluding hydrogens is 426 g/mol. The third-order valence-corrected chi connectivity index (χ3v) is 6.63. The zero-order valence-corrected chi connectivity index (χ0v) is 19.0. The maximum Gasteiger partial charge on any atom is 0.230 e. The molecule has 4 rings (SSSR count). The summed E-state index contributed by atoms with van der Waals surface area (Å²) in [6.07, 6.45) is 0. The fourth-order valence-electron chi connectivity index (χ4n) is 3.39. The van der Waals surface area contributed by atoms with Crippen LogP contribution in [-0.2, 0) is 11.3 Å². The maximum absolute atomic E-state index is 12.5. The number of benzene rings is 2. The molecular formula is C24H23N3O2S2. The molecule has 0 aliphatic rings. The summed E-state index contributed by atoms with van der Waals surface area (Å²) in [5.41, 5.74) is 2.78. The van der Waals surface area contributed by atoms with Gasteiger partial charge in [-0.25, -0.2) is 4.98 Å². The minimum absolute atomic E-state index is 0.0875. The van der Waals surface area contributed by atoms with Gasteiger partial charge in [0.05, 0.1) is 24.5 Å². The van der Waals surface area contributed by atoms with Crippen LogP contribution in [-0.4, -0.2) is 18.0 Å². The Morgan fingerprint density at radius 3 is 2.55 bits per heavy atom. The molecule has 7 heteroatoms. The Bertz CT molecular complexity index is 1130. The van der Waals surface area contributed by atoms with Crippen LogP contribution in [0, 0.1) is 0 Å². The Kier molecular flexibility index (Phi) is 6.76. The van der Waals surface area contributed by atoms with Crippen molar-refractivity contribution in [2.45, 2.75) is 19.5 Å². The van der Waals surface area contributed by atoms with Crippen molar-refractivity contribution in [2.75, 3.05) is 12.0 Å². The number of ether oxygens (including phenoxy) is 1. The molecule has 0 bridgehead atoms. The lowest BCUT2D eigenvalue weighted by Gasteiger charge is -2.20. The van der Waals surface area contributed by atoms with Crippen LogP contribution >= 0.6 is 22.7 Å². The zero-order chi connectivity index (χ0) is 21.6. The first-order valence-corrected chi connectivity index (χ1v) is 11.6. The summed E-state index contributed by atoms with van der Waals surface area (Å²) in [6, 6.07) is 22.1. The van der Waals surface area contributed by atoms with Crippen LogP contribution in [0.25, 0.3) is 0 Å². The lowest BCUT2D eigenvalue weighted by atomic mass is 10.1. The Hall–Kier alpha value is -3.00. The SMILES string of the molecule is COc1ccccc1N(C(C)=O)c1nc(CN[C@H](c2ccccc2)c2cccs2)cs1. The van der Waals surface area contributed by atoms with Gasteiger partial charge in [-0.05, 0) is 29.1 Å². The predicted octanol–water partition coefficient (Wildman–Crippen LogP) is 5.78. The van der Waals surface area contributed by atoms with Gasteiger partial charge in [-0.15, -0.1) is 22.7 Å². The fourth-order valence-corrected chi connectivity index (χ4v) is 5.10. The Morgan fingerprint density at radius 1 is 1.06 bits per heavy atom. The van der Waals surface area contributed by atoms with Crippen LogP contribution in [0.1, 0.15) is 29.1 Å². The molecule has 0 aliphatic carbocycles. The summed E-state index contributed by atoms with van der Waals surface area (Å²) < 4.78 is 5.45. The van der Waals surface area contributed by atoms with Crippen LogP contribution in [0.3, 0.4) is 0 Å². The van der Waals surface area contributed by atoms with E-state index in [0.29, 0.717) is 23.1 Å². The van der Waals surface area contributed by atoms with Gasteiger partial charge in [0.2, 0.25) is 5.91 Å². The van der Waals surface area contributed by atoms with Crippen LogP contribution in [0.4, 0.5) is 10.8 Å². The predicted molar refractivity (Wildman–Crippen MR) is 127 cm³/mol. The molecule has 0 spiro atoms. The average molecular weight is 450 g/mol. The summed E-state index contributed by atoms with van der Waals surface area (Å²) in [7, 11) is 1.60. The van der Waals surface area contributed by atoms with Crippen molar-refractivity contribution in [1.29, 1.82) is 0 Å². The number of thiazole rings is 1. The van der Waals surface area contributed by atoms with E-state index in [0.717, 1.165) is 5.69 Å². The van der Waals surface area contributed by atoms with E-state index in [4.69, 9.17) is 9.72 Å². The quantitative estimate of drug-likeness (QED) is 0.371. The monoisotopic (exact) mass is 449 g/mol. The number of carbonyl (C=O) groups excluding carboxylic acids is 1. The molecule has 31 heavy (non-hydrogen) atoms. The van der Waals surface area contributed by atoms with Crippen molar-refractivity contribution in [3.05, 3.63) is 93.6 Å². The number of nitrogens with one attached hydrogen (secondary N) is 1. The molecule has 2 aromatic carbocycles. The second-order valence-electron chi connectivity index (χ2n) is 6.89. The van der Waals surface area contributed by atoms with E-state index < -0.39 is 0 Å². The number of anilines is 2. The number of aromatic nitrogens is 1. The summed E-state index contributed by atoms with van der Waals surface area (Å²) in [5.74, 6) is 0.522. The van der Waals surface area contributed by atoms with Gasteiger partial charge in [0.15, 0.2) is 5.13 Å². The summed E-state index contributed by atoms with van der Waals surface area (Å²) in [5, 5.41) is 8.33. The highest BCUT2D eigenvalue weighted by Gasteiger charge is 2.22. The molecule has 5 nitrogen and oxygen atoms in total. The van der Waals surface area contributed by atoms with Crippen LogP contribution < -0.4 is 15.0 Å². The molecule has 1 N–H and O–H groups in total. The molecule has 4 aromatic rings. The third-order valence-electron chi connectivity index (χ3n) is 4.82. The standard InChI is InChI=1S/C24H23N3O2S2/c1-17(28)27(20-11-6-7-12-21(20)29-2)24-26-19(16-31-24)15-25-23(22-13-8-14-30-22)18-9-4-3-5-10-18/h3-14,16,23,25H,15H2,1-2H3/t23-/m1/s1. The second kappa shape index (κ2) is 9.87. The molecule has 0 aliphatic heterocycles. The van der Waals surface area contributed by atoms with Gasteiger partial charge < -0.3 is 4.74 Å². The molecule has 1 amide bonds. The van der Waals surface area contributed by atoms with Crippen molar-refractivity contribution in [3.63, 3.8) is 0 Å². The number of hydrogen-bond acceptors (Lipinski definition) is 6. The molecule has 0 saturated heterocycles. The number of thiophene rings is 1. The van der Waals surface area contributed by atoms with Gasteiger partial charge >= 0.3 is 0 Å². The molecule has 0 unspecified atom stereocenters. The number of hydrogen-bond donors (Lipinski definition) is 1. The Balaban J connectivity index is 1.56. The van der Waals surface area contributed by atoms with Gasteiger partial charge in [-0.3, -0.25) is 15.0 Å². The van der Waals surface area contributed by atoms with Gasteiger partial charge in [-0.2, -0.15) is 0 Å². The number of para-hydroxylation sites is 2. The Labute approximate surface area is 190 Å². The largest absolute Gasteiger partial charge is 0.495 e. The van der Waals surface area contributed by atoms with Gasteiger partial charge in [0.1, 0.15) is 5.75 Å². The fraction of sp³-hybridized carbons (Fsp3) is 0.167. The van der Waals surface area contributed by atoms with Crippen molar-refractivity contribution in [2.24, 2.45) is 0 Å². The van der Waals surface area contributed by atoms with E-state index in [2.05, 4.69) is 47.1 Å². The number of amides is 1. The highest BCUT2D eigenvalue weighted by molar-refractivity contribution is 7.14. The second-order valence-corrected chi connectivity index (χ2v) is 8.70. The van der Waals surface area contributed by atoms with E-state index in [1.54, 1.807) is 23.3 Å². The highest BCUT2D eigenvalue weighted by Crippen LogP contribution is 2.35. The third kappa shape index (κ3) is 4.85. The van der Waals surface area contributed by atoms with Gasteiger partial charge in [0, 0.05) is 23.7 Å². The van der Waals surface area contributed by atoms with Crippen LogP contribution in [0.5, 0.6) is 5.75 Å². The van der Waals surface area contributed by atoms with Crippen molar-refractivity contribution < 1.29 is 9.53 Å². The Morgan fingerprint density at radius 2 is 1.84 bits per heavy atom. The molecule has 0 saturated carbocycles. The first kappa shape index (κ1) is 21.2. The number of rotatable bonds is 8. The molecule has 0 radical (unpaired) electrons. The minimum atomic E-state index is -0.112. The summed E-state index contributed by atoms with van der Waals surface area (Å²) >= 11 is 3.18. The van der Waals surface area contributed by atoms with E-state index in [1.807, 2.05) is 35.7 Å². The normalized spacial score (nSPS) is 11.8. The molecule has 158 valence electrons. The van der Waals surface area contributed by atoms with E-state index in [1.165, 1.54) is 28.7 Å².